The summed E-state index contributed by atoms with van der Waals surface area (Å²) in [5, 5.41) is 3.58. The monoisotopic (exact) mass is 219 g/mol. The van der Waals surface area contributed by atoms with E-state index in [-0.39, 0.29) is 5.54 Å². The van der Waals surface area contributed by atoms with Gasteiger partial charge in [-0.3, -0.25) is 9.88 Å². The third kappa shape index (κ3) is 3.29. The molecule has 3 heteroatoms. The standard InChI is InChI=1S/C13H21N3/c1-13(2)11-16(9-3-6-15-13)10-12-4-7-14-8-5-12/h4-5,7-8,15H,3,6,9-11H2,1-2H3. The first-order valence-electron chi connectivity index (χ1n) is 6.02. The summed E-state index contributed by atoms with van der Waals surface area (Å²) in [4.78, 5) is 6.58. The van der Waals surface area contributed by atoms with Gasteiger partial charge >= 0.3 is 0 Å². The number of pyridine rings is 1. The maximum absolute atomic E-state index is 4.05. The summed E-state index contributed by atoms with van der Waals surface area (Å²) >= 11 is 0. The number of hydrogen-bond acceptors (Lipinski definition) is 3. The quantitative estimate of drug-likeness (QED) is 0.820. The molecule has 2 rings (SSSR count). The third-order valence-electron chi connectivity index (χ3n) is 3.03. The van der Waals surface area contributed by atoms with E-state index in [9.17, 15) is 0 Å². The lowest BCUT2D eigenvalue weighted by molar-refractivity contribution is 0.224. The highest BCUT2D eigenvalue weighted by molar-refractivity contribution is 5.09. The van der Waals surface area contributed by atoms with Gasteiger partial charge in [0.15, 0.2) is 0 Å². The van der Waals surface area contributed by atoms with Gasteiger partial charge in [0.05, 0.1) is 0 Å². The number of nitrogens with zero attached hydrogens (tertiary/aromatic N) is 2. The minimum Gasteiger partial charge on any atom is -0.310 e. The Morgan fingerprint density at radius 3 is 2.88 bits per heavy atom. The van der Waals surface area contributed by atoms with Gasteiger partial charge in [0.1, 0.15) is 0 Å². The zero-order valence-corrected chi connectivity index (χ0v) is 10.2. The van der Waals surface area contributed by atoms with E-state index in [0.29, 0.717) is 0 Å². The molecule has 0 unspecified atom stereocenters. The van der Waals surface area contributed by atoms with E-state index in [0.717, 1.165) is 19.6 Å². The summed E-state index contributed by atoms with van der Waals surface area (Å²) in [7, 11) is 0. The van der Waals surface area contributed by atoms with Crippen molar-refractivity contribution in [2.75, 3.05) is 19.6 Å². The van der Waals surface area contributed by atoms with Crippen LogP contribution in [0.25, 0.3) is 0 Å². The lowest BCUT2D eigenvalue weighted by Crippen LogP contribution is -2.46. The average molecular weight is 219 g/mol. The SMILES string of the molecule is CC1(C)CN(Cc2ccncc2)CCCN1. The second kappa shape index (κ2) is 4.93. The molecule has 1 N–H and O–H groups in total. The van der Waals surface area contributed by atoms with E-state index in [4.69, 9.17) is 0 Å². The Morgan fingerprint density at radius 2 is 2.12 bits per heavy atom. The first kappa shape index (κ1) is 11.6. The summed E-state index contributed by atoms with van der Waals surface area (Å²) in [6, 6.07) is 4.20. The smallest absolute Gasteiger partial charge is 0.0271 e. The lowest BCUT2D eigenvalue weighted by atomic mass is 10.1. The minimum atomic E-state index is 0.226. The van der Waals surface area contributed by atoms with Crippen molar-refractivity contribution in [2.45, 2.75) is 32.4 Å². The van der Waals surface area contributed by atoms with Gasteiger partial charge in [-0.1, -0.05) is 0 Å². The minimum absolute atomic E-state index is 0.226. The molecule has 1 fully saturated rings. The van der Waals surface area contributed by atoms with E-state index >= 15 is 0 Å². The highest BCUT2D eigenvalue weighted by atomic mass is 15.2. The number of aromatic nitrogens is 1. The molecule has 0 atom stereocenters. The Morgan fingerprint density at radius 1 is 1.38 bits per heavy atom. The highest BCUT2D eigenvalue weighted by Gasteiger charge is 2.23. The average Bonchev–Trinajstić information content (AvgIpc) is 2.40. The van der Waals surface area contributed by atoms with Crippen molar-refractivity contribution in [3.8, 4) is 0 Å². The van der Waals surface area contributed by atoms with Crippen LogP contribution in [-0.4, -0.2) is 35.1 Å². The summed E-state index contributed by atoms with van der Waals surface area (Å²) in [6.45, 7) is 9.00. The summed E-state index contributed by atoms with van der Waals surface area (Å²) in [5.41, 5.74) is 1.58. The number of rotatable bonds is 2. The maximum atomic E-state index is 4.05. The van der Waals surface area contributed by atoms with Crippen LogP contribution < -0.4 is 5.32 Å². The van der Waals surface area contributed by atoms with Crippen LogP contribution in [0.3, 0.4) is 0 Å². The summed E-state index contributed by atoms with van der Waals surface area (Å²) in [5.74, 6) is 0. The Labute approximate surface area is 97.9 Å². The van der Waals surface area contributed by atoms with Crippen molar-refractivity contribution in [3.63, 3.8) is 0 Å². The molecule has 1 aliphatic rings. The molecule has 0 bridgehead atoms. The molecule has 1 aliphatic heterocycles. The van der Waals surface area contributed by atoms with Gasteiger partial charge in [-0.25, -0.2) is 0 Å². The predicted molar refractivity (Wildman–Crippen MR) is 66.2 cm³/mol. The topological polar surface area (TPSA) is 28.2 Å². The Hall–Kier alpha value is -0.930. The van der Waals surface area contributed by atoms with Crippen molar-refractivity contribution < 1.29 is 0 Å². The summed E-state index contributed by atoms with van der Waals surface area (Å²) in [6.07, 6.45) is 4.97. The van der Waals surface area contributed by atoms with Crippen molar-refractivity contribution in [3.05, 3.63) is 30.1 Å². The summed E-state index contributed by atoms with van der Waals surface area (Å²) < 4.78 is 0. The fourth-order valence-corrected chi connectivity index (χ4v) is 2.30. The van der Waals surface area contributed by atoms with Gasteiger partial charge in [-0.05, 0) is 51.1 Å². The van der Waals surface area contributed by atoms with Crippen molar-refractivity contribution in [1.82, 2.24) is 15.2 Å². The van der Waals surface area contributed by atoms with Crippen LogP contribution in [0.2, 0.25) is 0 Å². The molecule has 0 amide bonds. The first-order chi connectivity index (χ1) is 7.66. The van der Waals surface area contributed by atoms with Gasteiger partial charge in [0.25, 0.3) is 0 Å². The predicted octanol–water partition coefficient (Wildman–Crippen LogP) is 1.66. The molecular weight excluding hydrogens is 198 g/mol. The van der Waals surface area contributed by atoms with Crippen LogP contribution in [0.1, 0.15) is 25.8 Å². The van der Waals surface area contributed by atoms with E-state index in [1.807, 2.05) is 12.4 Å². The van der Waals surface area contributed by atoms with Crippen LogP contribution in [0, 0.1) is 0 Å². The molecule has 0 aromatic carbocycles. The second-order valence-corrected chi connectivity index (χ2v) is 5.23. The Kier molecular flexibility index (Phi) is 3.56. The second-order valence-electron chi connectivity index (χ2n) is 5.23. The van der Waals surface area contributed by atoms with E-state index < -0.39 is 0 Å². The molecule has 1 aromatic rings. The van der Waals surface area contributed by atoms with Crippen LogP contribution in [0.5, 0.6) is 0 Å². The molecule has 0 aliphatic carbocycles. The van der Waals surface area contributed by atoms with Crippen molar-refractivity contribution >= 4 is 0 Å². The zero-order chi connectivity index (χ0) is 11.4. The molecule has 1 saturated heterocycles. The van der Waals surface area contributed by atoms with Crippen molar-refractivity contribution in [2.24, 2.45) is 0 Å². The zero-order valence-electron chi connectivity index (χ0n) is 10.2. The lowest BCUT2D eigenvalue weighted by Gasteiger charge is -2.30. The van der Waals surface area contributed by atoms with Gasteiger partial charge < -0.3 is 5.32 Å². The molecule has 3 nitrogen and oxygen atoms in total. The molecule has 1 aromatic heterocycles. The Bertz CT molecular complexity index is 321. The fraction of sp³-hybridized carbons (Fsp3) is 0.615. The van der Waals surface area contributed by atoms with E-state index in [1.54, 1.807) is 0 Å². The number of hydrogen-bond donors (Lipinski definition) is 1. The van der Waals surface area contributed by atoms with Crippen LogP contribution in [0.4, 0.5) is 0 Å². The third-order valence-corrected chi connectivity index (χ3v) is 3.03. The molecule has 88 valence electrons. The molecular formula is C13H21N3. The van der Waals surface area contributed by atoms with Crippen LogP contribution in [-0.2, 0) is 6.54 Å². The maximum Gasteiger partial charge on any atom is 0.0271 e. The normalized spacial score (nSPS) is 21.6. The molecule has 16 heavy (non-hydrogen) atoms. The molecule has 0 radical (unpaired) electrons. The van der Waals surface area contributed by atoms with Crippen LogP contribution >= 0.6 is 0 Å². The highest BCUT2D eigenvalue weighted by Crippen LogP contribution is 2.13. The van der Waals surface area contributed by atoms with Gasteiger partial charge in [0.2, 0.25) is 0 Å². The molecule has 0 spiro atoms. The number of nitrogens with one attached hydrogen (secondary N) is 1. The Balaban J connectivity index is 1.98. The largest absolute Gasteiger partial charge is 0.310 e. The fourth-order valence-electron chi connectivity index (χ4n) is 2.30. The molecule has 0 saturated carbocycles. The molecule has 2 heterocycles. The van der Waals surface area contributed by atoms with E-state index in [1.165, 1.54) is 18.5 Å². The van der Waals surface area contributed by atoms with Gasteiger partial charge in [-0.2, -0.15) is 0 Å². The van der Waals surface area contributed by atoms with E-state index in [2.05, 4.69) is 41.2 Å². The van der Waals surface area contributed by atoms with Gasteiger partial charge in [-0.15, -0.1) is 0 Å². The van der Waals surface area contributed by atoms with Crippen LogP contribution in [0.15, 0.2) is 24.5 Å². The van der Waals surface area contributed by atoms with Crippen molar-refractivity contribution in [1.29, 1.82) is 0 Å². The first-order valence-corrected chi connectivity index (χ1v) is 6.02. The van der Waals surface area contributed by atoms with Gasteiger partial charge in [0, 0.05) is 31.0 Å².